The van der Waals surface area contributed by atoms with Crippen LogP contribution in [0.1, 0.15) is 11.1 Å². The number of ether oxygens (including phenoxy) is 1. The number of aryl methyl sites for hydroxylation is 2. The lowest BCUT2D eigenvalue weighted by Gasteiger charge is -2.11. The van der Waals surface area contributed by atoms with Gasteiger partial charge in [-0.2, -0.15) is 0 Å². The quantitative estimate of drug-likeness (QED) is 0.628. The van der Waals surface area contributed by atoms with Crippen molar-refractivity contribution in [2.75, 3.05) is 0 Å². The summed E-state index contributed by atoms with van der Waals surface area (Å²) in [5, 5.41) is 1.13. The van der Waals surface area contributed by atoms with Crippen molar-refractivity contribution in [1.29, 1.82) is 0 Å². The Balaban J connectivity index is 2.03. The molecule has 0 N–H and O–H groups in total. The van der Waals surface area contributed by atoms with Gasteiger partial charge in [-0.25, -0.2) is 4.98 Å². The number of halogens is 1. The normalized spacial score (nSPS) is 10.8. The lowest BCUT2D eigenvalue weighted by Crippen LogP contribution is -1.94. The van der Waals surface area contributed by atoms with Gasteiger partial charge in [0.15, 0.2) is 0 Å². The predicted octanol–water partition coefficient (Wildman–Crippen LogP) is 5.41. The van der Waals surface area contributed by atoms with E-state index in [0.717, 1.165) is 32.3 Å². The summed E-state index contributed by atoms with van der Waals surface area (Å²) in [7, 11) is 0. The largest absolute Gasteiger partial charge is 0.438 e. The van der Waals surface area contributed by atoms with Crippen molar-refractivity contribution in [2.45, 2.75) is 13.8 Å². The number of hydrogen-bond acceptors (Lipinski definition) is 2. The molecular weight excluding hydrogens is 314 g/mol. The highest BCUT2D eigenvalue weighted by Crippen LogP contribution is 2.29. The molecule has 0 unspecified atom stereocenters. The summed E-state index contributed by atoms with van der Waals surface area (Å²) >= 11 is 3.46. The molecule has 3 heteroatoms. The van der Waals surface area contributed by atoms with E-state index in [0.29, 0.717) is 5.88 Å². The first-order chi connectivity index (χ1) is 9.63. The van der Waals surface area contributed by atoms with Crippen molar-refractivity contribution in [2.24, 2.45) is 0 Å². The molecule has 1 heterocycles. The first-order valence-corrected chi connectivity index (χ1v) is 7.23. The Morgan fingerprint density at radius 2 is 1.75 bits per heavy atom. The molecule has 0 aliphatic rings. The molecule has 1 aromatic heterocycles. The summed E-state index contributed by atoms with van der Waals surface area (Å²) in [5.74, 6) is 1.49. The van der Waals surface area contributed by atoms with Gasteiger partial charge in [0, 0.05) is 15.4 Å². The lowest BCUT2D eigenvalue weighted by molar-refractivity contribution is 0.457. The molecule has 0 saturated carbocycles. The molecular formula is C17H14BrNO. The van der Waals surface area contributed by atoms with Gasteiger partial charge in [0.25, 0.3) is 0 Å². The van der Waals surface area contributed by atoms with E-state index in [-0.39, 0.29) is 0 Å². The van der Waals surface area contributed by atoms with Crippen molar-refractivity contribution in [3.63, 3.8) is 0 Å². The Morgan fingerprint density at radius 3 is 2.55 bits per heavy atom. The molecule has 100 valence electrons. The third-order valence-corrected chi connectivity index (χ3v) is 3.70. The molecule has 2 nitrogen and oxygen atoms in total. The number of rotatable bonds is 2. The van der Waals surface area contributed by atoms with Crippen molar-refractivity contribution in [3.8, 4) is 11.6 Å². The van der Waals surface area contributed by atoms with E-state index in [4.69, 9.17) is 4.74 Å². The van der Waals surface area contributed by atoms with E-state index in [1.807, 2.05) is 50.2 Å². The van der Waals surface area contributed by atoms with Crippen molar-refractivity contribution in [3.05, 3.63) is 64.1 Å². The van der Waals surface area contributed by atoms with Crippen LogP contribution in [0, 0.1) is 13.8 Å². The van der Waals surface area contributed by atoms with E-state index in [1.165, 1.54) is 0 Å². The minimum Gasteiger partial charge on any atom is -0.438 e. The SMILES string of the molecule is Cc1cc(Br)ccc1Oc1nc2ccccc2cc1C. The van der Waals surface area contributed by atoms with Gasteiger partial charge in [-0.05, 0) is 49.7 Å². The summed E-state index contributed by atoms with van der Waals surface area (Å²) in [6.07, 6.45) is 0. The van der Waals surface area contributed by atoms with Gasteiger partial charge in [0.1, 0.15) is 5.75 Å². The highest BCUT2D eigenvalue weighted by Gasteiger charge is 2.07. The van der Waals surface area contributed by atoms with Crippen LogP contribution in [0.25, 0.3) is 10.9 Å². The molecule has 20 heavy (non-hydrogen) atoms. The number of fused-ring (bicyclic) bond motifs is 1. The molecule has 0 bridgehead atoms. The number of aromatic nitrogens is 1. The van der Waals surface area contributed by atoms with Crippen molar-refractivity contribution < 1.29 is 4.74 Å². The zero-order chi connectivity index (χ0) is 14.1. The second-order valence-corrected chi connectivity index (χ2v) is 5.73. The van der Waals surface area contributed by atoms with Crippen molar-refractivity contribution >= 4 is 26.8 Å². The second-order valence-electron chi connectivity index (χ2n) is 4.82. The zero-order valence-electron chi connectivity index (χ0n) is 11.4. The van der Waals surface area contributed by atoms with Gasteiger partial charge in [-0.3, -0.25) is 0 Å². The molecule has 0 spiro atoms. The molecule has 0 aliphatic heterocycles. The van der Waals surface area contributed by atoms with E-state index < -0.39 is 0 Å². The first-order valence-electron chi connectivity index (χ1n) is 6.44. The first kappa shape index (κ1) is 13.1. The molecule has 0 fully saturated rings. The number of nitrogens with zero attached hydrogens (tertiary/aromatic N) is 1. The molecule has 3 rings (SSSR count). The summed E-state index contributed by atoms with van der Waals surface area (Å²) in [6.45, 7) is 4.04. The lowest BCUT2D eigenvalue weighted by atomic mass is 10.1. The van der Waals surface area contributed by atoms with Gasteiger partial charge in [0.2, 0.25) is 5.88 Å². The maximum Gasteiger partial charge on any atom is 0.222 e. The summed E-state index contributed by atoms with van der Waals surface area (Å²) in [6, 6.07) is 16.1. The second kappa shape index (κ2) is 5.25. The van der Waals surface area contributed by atoms with E-state index in [1.54, 1.807) is 0 Å². The minimum absolute atomic E-state index is 0.661. The third kappa shape index (κ3) is 2.54. The Morgan fingerprint density at radius 1 is 0.950 bits per heavy atom. The van der Waals surface area contributed by atoms with Crippen LogP contribution >= 0.6 is 15.9 Å². The average molecular weight is 328 g/mol. The van der Waals surface area contributed by atoms with Crippen LogP contribution in [-0.4, -0.2) is 4.98 Å². The molecule has 2 aromatic carbocycles. The topological polar surface area (TPSA) is 22.1 Å². The summed E-state index contributed by atoms with van der Waals surface area (Å²) in [4.78, 5) is 4.60. The smallest absolute Gasteiger partial charge is 0.222 e. The monoisotopic (exact) mass is 327 g/mol. The summed E-state index contributed by atoms with van der Waals surface area (Å²) < 4.78 is 7.02. The van der Waals surface area contributed by atoms with Gasteiger partial charge in [0.05, 0.1) is 5.52 Å². The van der Waals surface area contributed by atoms with Crippen LogP contribution in [0.5, 0.6) is 11.6 Å². The third-order valence-electron chi connectivity index (χ3n) is 3.21. The molecule has 0 saturated heterocycles. The predicted molar refractivity (Wildman–Crippen MR) is 85.4 cm³/mol. The highest BCUT2D eigenvalue weighted by atomic mass is 79.9. The van der Waals surface area contributed by atoms with Crippen LogP contribution in [0.3, 0.4) is 0 Å². The Bertz CT molecular complexity index is 783. The van der Waals surface area contributed by atoms with Crippen LogP contribution in [0.4, 0.5) is 0 Å². The van der Waals surface area contributed by atoms with E-state index >= 15 is 0 Å². The van der Waals surface area contributed by atoms with Crippen molar-refractivity contribution in [1.82, 2.24) is 4.98 Å². The Labute approximate surface area is 126 Å². The number of pyridine rings is 1. The van der Waals surface area contributed by atoms with Crippen LogP contribution in [0.2, 0.25) is 0 Å². The highest BCUT2D eigenvalue weighted by molar-refractivity contribution is 9.10. The van der Waals surface area contributed by atoms with Gasteiger partial charge in [-0.15, -0.1) is 0 Å². The maximum atomic E-state index is 5.97. The standard InChI is InChI=1S/C17H14BrNO/c1-11-10-14(18)7-8-16(11)20-17-12(2)9-13-5-3-4-6-15(13)19-17/h3-10H,1-2H3. The Kier molecular flexibility index (Phi) is 3.45. The average Bonchev–Trinajstić information content (AvgIpc) is 2.42. The van der Waals surface area contributed by atoms with Crippen LogP contribution in [-0.2, 0) is 0 Å². The van der Waals surface area contributed by atoms with Gasteiger partial charge < -0.3 is 4.74 Å². The van der Waals surface area contributed by atoms with Gasteiger partial charge >= 0.3 is 0 Å². The molecule has 3 aromatic rings. The van der Waals surface area contributed by atoms with Crippen LogP contribution in [0.15, 0.2) is 53.0 Å². The molecule has 0 atom stereocenters. The minimum atomic E-state index is 0.661. The zero-order valence-corrected chi connectivity index (χ0v) is 12.9. The van der Waals surface area contributed by atoms with E-state index in [9.17, 15) is 0 Å². The maximum absolute atomic E-state index is 5.97. The van der Waals surface area contributed by atoms with Gasteiger partial charge in [-0.1, -0.05) is 34.1 Å². The number of benzene rings is 2. The Hall–Kier alpha value is -1.87. The molecule has 0 amide bonds. The molecule has 0 radical (unpaired) electrons. The number of hydrogen-bond donors (Lipinski definition) is 0. The summed E-state index contributed by atoms with van der Waals surface area (Å²) in [5.41, 5.74) is 3.06. The van der Waals surface area contributed by atoms with Crippen LogP contribution < -0.4 is 4.74 Å². The number of para-hydroxylation sites is 1. The fourth-order valence-corrected chi connectivity index (χ4v) is 2.61. The van der Waals surface area contributed by atoms with E-state index in [2.05, 4.69) is 33.0 Å². The molecule has 0 aliphatic carbocycles. The fraction of sp³-hybridized carbons (Fsp3) is 0.118. The fourth-order valence-electron chi connectivity index (χ4n) is 2.14.